The lowest BCUT2D eigenvalue weighted by molar-refractivity contribution is 0.199. The van der Waals surface area contributed by atoms with Crippen LogP contribution < -0.4 is 0 Å². The summed E-state index contributed by atoms with van der Waals surface area (Å²) < 4.78 is 0. The van der Waals surface area contributed by atoms with Crippen LogP contribution in [0, 0.1) is 5.92 Å². The molecule has 17 heavy (non-hydrogen) atoms. The molecule has 1 nitrogen and oxygen atoms in total. The van der Waals surface area contributed by atoms with Crippen LogP contribution in [0.1, 0.15) is 44.3 Å². The van der Waals surface area contributed by atoms with Crippen molar-refractivity contribution < 1.29 is 5.11 Å². The van der Waals surface area contributed by atoms with E-state index >= 15 is 0 Å². The van der Waals surface area contributed by atoms with Crippen molar-refractivity contribution in [2.75, 3.05) is 5.75 Å². The normalized spacial score (nSPS) is 18.5. The summed E-state index contributed by atoms with van der Waals surface area (Å²) in [4.78, 5) is 1.14. The minimum atomic E-state index is -0.443. The highest BCUT2D eigenvalue weighted by Crippen LogP contribution is 2.34. The third kappa shape index (κ3) is 3.64. The highest BCUT2D eigenvalue weighted by atomic mass is 35.5. The van der Waals surface area contributed by atoms with Crippen LogP contribution in [-0.2, 0) is 0 Å². The number of rotatable bonds is 4. The monoisotopic (exact) mass is 270 g/mol. The van der Waals surface area contributed by atoms with E-state index in [-0.39, 0.29) is 0 Å². The minimum absolute atomic E-state index is 0.443. The zero-order valence-electron chi connectivity index (χ0n) is 10.2. The van der Waals surface area contributed by atoms with Gasteiger partial charge in [-0.3, -0.25) is 0 Å². The SMILES string of the molecule is C[C@@H](O)c1ccc(SCC2CCCC2)c(Cl)c1. The fraction of sp³-hybridized carbons (Fsp3) is 0.571. The largest absolute Gasteiger partial charge is 0.389 e. The van der Waals surface area contributed by atoms with Gasteiger partial charge in [0.2, 0.25) is 0 Å². The average Bonchev–Trinajstić information content (AvgIpc) is 2.80. The van der Waals surface area contributed by atoms with Crippen LogP contribution in [0.5, 0.6) is 0 Å². The predicted octanol–water partition coefficient (Wildman–Crippen LogP) is 4.68. The Morgan fingerprint density at radius 3 is 2.71 bits per heavy atom. The summed E-state index contributed by atoms with van der Waals surface area (Å²) in [5.41, 5.74) is 0.889. The lowest BCUT2D eigenvalue weighted by Gasteiger charge is -2.11. The maximum Gasteiger partial charge on any atom is 0.0762 e. The molecule has 0 spiro atoms. The molecule has 1 saturated carbocycles. The first-order valence-corrected chi connectivity index (χ1v) is 7.63. The number of hydrogen-bond donors (Lipinski definition) is 1. The van der Waals surface area contributed by atoms with E-state index in [1.165, 1.54) is 31.4 Å². The molecule has 94 valence electrons. The molecule has 0 radical (unpaired) electrons. The maximum atomic E-state index is 9.48. The zero-order chi connectivity index (χ0) is 12.3. The average molecular weight is 271 g/mol. The Bertz CT molecular complexity index is 372. The Hall–Kier alpha value is -0.180. The molecule has 1 aliphatic carbocycles. The number of hydrogen-bond acceptors (Lipinski definition) is 2. The molecule has 0 aromatic heterocycles. The molecular weight excluding hydrogens is 252 g/mol. The summed E-state index contributed by atoms with van der Waals surface area (Å²) in [7, 11) is 0. The van der Waals surface area contributed by atoms with Crippen molar-refractivity contribution in [1.82, 2.24) is 0 Å². The van der Waals surface area contributed by atoms with Gasteiger partial charge in [0, 0.05) is 10.6 Å². The molecule has 3 heteroatoms. The Labute approximate surface area is 113 Å². The van der Waals surface area contributed by atoms with Crippen LogP contribution in [0.2, 0.25) is 5.02 Å². The first kappa shape index (κ1) is 13.3. The molecule has 1 aliphatic rings. The van der Waals surface area contributed by atoms with Gasteiger partial charge in [0.1, 0.15) is 0 Å². The van der Waals surface area contributed by atoms with E-state index in [0.717, 1.165) is 21.4 Å². The van der Waals surface area contributed by atoms with Crippen LogP contribution in [-0.4, -0.2) is 10.9 Å². The highest BCUT2D eigenvalue weighted by Gasteiger charge is 2.15. The van der Waals surface area contributed by atoms with Crippen molar-refractivity contribution in [3.8, 4) is 0 Å². The molecule has 2 rings (SSSR count). The molecule has 0 saturated heterocycles. The fourth-order valence-corrected chi connectivity index (χ4v) is 3.74. The molecule has 0 heterocycles. The third-order valence-corrected chi connectivity index (χ3v) is 5.12. The predicted molar refractivity (Wildman–Crippen MR) is 74.8 cm³/mol. The second-order valence-electron chi connectivity index (χ2n) is 4.83. The second-order valence-corrected chi connectivity index (χ2v) is 6.30. The van der Waals surface area contributed by atoms with Gasteiger partial charge >= 0.3 is 0 Å². The van der Waals surface area contributed by atoms with Crippen molar-refractivity contribution in [3.63, 3.8) is 0 Å². The Morgan fingerprint density at radius 1 is 1.41 bits per heavy atom. The lowest BCUT2D eigenvalue weighted by Crippen LogP contribution is -1.97. The van der Waals surface area contributed by atoms with Crippen molar-refractivity contribution in [1.29, 1.82) is 0 Å². The van der Waals surface area contributed by atoms with Gasteiger partial charge < -0.3 is 5.11 Å². The first-order chi connectivity index (χ1) is 8.16. The standard InChI is InChI=1S/C14H19ClOS/c1-10(16)12-6-7-14(13(15)8-12)17-9-11-4-2-3-5-11/h6-8,10-11,16H,2-5,9H2,1H3/t10-/m1/s1. The smallest absolute Gasteiger partial charge is 0.0762 e. The topological polar surface area (TPSA) is 20.2 Å². The number of benzene rings is 1. The van der Waals surface area contributed by atoms with Gasteiger partial charge in [-0.15, -0.1) is 11.8 Å². The minimum Gasteiger partial charge on any atom is -0.389 e. The van der Waals surface area contributed by atoms with E-state index in [9.17, 15) is 5.11 Å². The summed E-state index contributed by atoms with van der Waals surface area (Å²) in [6.45, 7) is 1.76. The Morgan fingerprint density at radius 2 is 2.12 bits per heavy atom. The van der Waals surface area contributed by atoms with Crippen molar-refractivity contribution in [3.05, 3.63) is 28.8 Å². The van der Waals surface area contributed by atoms with Crippen molar-refractivity contribution in [2.45, 2.75) is 43.6 Å². The van der Waals surface area contributed by atoms with Gasteiger partial charge in [-0.1, -0.05) is 30.5 Å². The van der Waals surface area contributed by atoms with Crippen LogP contribution in [0.3, 0.4) is 0 Å². The van der Waals surface area contributed by atoms with Crippen LogP contribution >= 0.6 is 23.4 Å². The van der Waals surface area contributed by atoms with Crippen LogP contribution in [0.25, 0.3) is 0 Å². The zero-order valence-corrected chi connectivity index (χ0v) is 11.7. The van der Waals surface area contributed by atoms with Crippen LogP contribution in [0.4, 0.5) is 0 Å². The van der Waals surface area contributed by atoms with E-state index in [2.05, 4.69) is 0 Å². The number of aliphatic hydroxyl groups excluding tert-OH is 1. The van der Waals surface area contributed by atoms with E-state index in [4.69, 9.17) is 11.6 Å². The van der Waals surface area contributed by atoms with E-state index in [1.807, 2.05) is 30.0 Å². The summed E-state index contributed by atoms with van der Waals surface area (Å²) in [6.07, 6.45) is 5.08. The maximum absolute atomic E-state index is 9.48. The quantitative estimate of drug-likeness (QED) is 0.802. The molecular formula is C14H19ClOS. The molecule has 1 N–H and O–H groups in total. The van der Waals surface area contributed by atoms with Crippen molar-refractivity contribution in [2.24, 2.45) is 5.92 Å². The van der Waals surface area contributed by atoms with Gasteiger partial charge in [-0.25, -0.2) is 0 Å². The second kappa shape index (κ2) is 6.12. The molecule has 0 amide bonds. The van der Waals surface area contributed by atoms with Gasteiger partial charge in [0.25, 0.3) is 0 Å². The first-order valence-electron chi connectivity index (χ1n) is 6.27. The summed E-state index contributed by atoms with van der Waals surface area (Å²) >= 11 is 8.08. The van der Waals surface area contributed by atoms with E-state index in [0.29, 0.717) is 0 Å². The van der Waals surface area contributed by atoms with Gasteiger partial charge in [0.05, 0.1) is 11.1 Å². The van der Waals surface area contributed by atoms with Gasteiger partial charge in [-0.2, -0.15) is 0 Å². The molecule has 1 aromatic rings. The molecule has 1 atom stereocenters. The number of aliphatic hydroxyl groups is 1. The molecule has 0 bridgehead atoms. The van der Waals surface area contributed by atoms with Crippen molar-refractivity contribution >= 4 is 23.4 Å². The molecule has 0 unspecified atom stereocenters. The number of halogens is 1. The van der Waals surface area contributed by atoms with Crippen LogP contribution in [0.15, 0.2) is 23.1 Å². The van der Waals surface area contributed by atoms with E-state index < -0.39 is 6.10 Å². The fourth-order valence-electron chi connectivity index (χ4n) is 2.28. The molecule has 1 aromatic carbocycles. The summed E-state index contributed by atoms with van der Waals surface area (Å²) in [6, 6.07) is 5.88. The van der Waals surface area contributed by atoms with Gasteiger partial charge in [-0.05, 0) is 43.4 Å². The lowest BCUT2D eigenvalue weighted by atomic mass is 10.1. The van der Waals surface area contributed by atoms with E-state index in [1.54, 1.807) is 6.92 Å². The molecule has 1 fully saturated rings. The summed E-state index contributed by atoms with van der Waals surface area (Å²) in [5.74, 6) is 2.04. The number of thioether (sulfide) groups is 1. The Balaban J connectivity index is 1.96. The third-order valence-electron chi connectivity index (χ3n) is 3.39. The Kier molecular flexibility index (Phi) is 4.78. The highest BCUT2D eigenvalue weighted by molar-refractivity contribution is 7.99. The summed E-state index contributed by atoms with van der Waals surface area (Å²) in [5, 5.41) is 10.2. The molecule has 0 aliphatic heterocycles. The van der Waals surface area contributed by atoms with Gasteiger partial charge in [0.15, 0.2) is 0 Å².